The molecule has 0 bridgehead atoms. The van der Waals surface area contributed by atoms with Crippen molar-refractivity contribution in [2.24, 2.45) is 4.99 Å². The van der Waals surface area contributed by atoms with Gasteiger partial charge < -0.3 is 9.40 Å². The number of rotatable bonds is 5. The largest absolute Gasteiger partial charge is 0.450 e. The van der Waals surface area contributed by atoms with E-state index in [1.54, 1.807) is 11.0 Å². The van der Waals surface area contributed by atoms with Crippen molar-refractivity contribution >= 4 is 63.1 Å². The number of para-hydroxylation sites is 4. The summed E-state index contributed by atoms with van der Waals surface area (Å²) >= 11 is 2.73. The number of amidine groups is 1. The number of anilines is 1. The molecule has 1 aliphatic heterocycles. The van der Waals surface area contributed by atoms with E-state index in [4.69, 9.17) is 9.41 Å². The molecule has 1 fully saturated rings. The van der Waals surface area contributed by atoms with Gasteiger partial charge in [0.2, 0.25) is 0 Å². The molecule has 0 radical (unpaired) electrons. The third kappa shape index (κ3) is 4.53. The van der Waals surface area contributed by atoms with E-state index < -0.39 is 0 Å². The zero-order chi connectivity index (χ0) is 23.6. The number of benzene rings is 3. The van der Waals surface area contributed by atoms with Crippen LogP contribution in [0.25, 0.3) is 17.1 Å². The summed E-state index contributed by atoms with van der Waals surface area (Å²) in [6.45, 7) is 0. The van der Waals surface area contributed by atoms with Crippen LogP contribution in [0.2, 0.25) is 0 Å². The molecule has 170 valence electrons. The third-order valence-corrected chi connectivity index (χ3v) is 7.02. The van der Waals surface area contributed by atoms with Crippen molar-refractivity contribution in [3.05, 3.63) is 108 Å². The lowest BCUT2D eigenvalue weighted by Crippen LogP contribution is -2.28. The van der Waals surface area contributed by atoms with Gasteiger partial charge in [-0.25, -0.2) is 9.98 Å². The predicted molar refractivity (Wildman–Crippen MR) is 142 cm³/mol. The average molecular weight is 495 g/mol. The van der Waals surface area contributed by atoms with Gasteiger partial charge in [-0.1, -0.05) is 48.5 Å². The summed E-state index contributed by atoms with van der Waals surface area (Å²) in [6.07, 6.45) is 1.76. The number of hydrogen-bond donors (Lipinski definition) is 1. The van der Waals surface area contributed by atoms with Gasteiger partial charge in [-0.2, -0.15) is 0 Å². The first-order chi connectivity index (χ1) is 17.2. The van der Waals surface area contributed by atoms with Gasteiger partial charge in [0.25, 0.3) is 5.91 Å². The van der Waals surface area contributed by atoms with Gasteiger partial charge in [0, 0.05) is 6.08 Å². The Morgan fingerprint density at radius 1 is 0.914 bits per heavy atom. The standard InChI is InChI=1S/C27H18N4O2S2/c32-25-23(17-20-15-16-24(33-20)35-26-29-21-13-7-8-14-22(21)30-26)34-27(28-18-9-3-1-4-10-18)31(25)19-11-5-2-6-12-19/h1-17H,(H,29,30)/b23-17-,28-27?. The predicted octanol–water partition coefficient (Wildman–Crippen LogP) is 7.12. The van der Waals surface area contributed by atoms with Crippen LogP contribution in [0.15, 0.2) is 122 Å². The molecule has 1 aliphatic rings. The van der Waals surface area contributed by atoms with E-state index in [1.807, 2.05) is 97.1 Å². The number of hydrogen-bond acceptors (Lipinski definition) is 6. The molecule has 6 nitrogen and oxygen atoms in total. The summed E-state index contributed by atoms with van der Waals surface area (Å²) in [6, 6.07) is 30.8. The molecule has 0 atom stereocenters. The minimum Gasteiger partial charge on any atom is -0.450 e. The van der Waals surface area contributed by atoms with E-state index in [1.165, 1.54) is 23.5 Å². The van der Waals surface area contributed by atoms with Gasteiger partial charge >= 0.3 is 0 Å². The Kier molecular flexibility index (Phi) is 5.73. The maximum Gasteiger partial charge on any atom is 0.271 e. The first-order valence-electron chi connectivity index (χ1n) is 10.9. The number of furan rings is 1. The molecule has 0 saturated carbocycles. The number of fused-ring (bicyclic) bond motifs is 1. The highest BCUT2D eigenvalue weighted by molar-refractivity contribution is 8.19. The molecule has 1 N–H and O–H groups in total. The lowest BCUT2D eigenvalue weighted by molar-refractivity contribution is -0.113. The minimum atomic E-state index is -0.140. The number of imidazole rings is 1. The van der Waals surface area contributed by atoms with E-state index in [-0.39, 0.29) is 5.91 Å². The maximum absolute atomic E-state index is 13.4. The summed E-state index contributed by atoms with van der Waals surface area (Å²) in [5, 5.41) is 2.03. The lowest BCUT2D eigenvalue weighted by Gasteiger charge is -2.15. The number of thioether (sulfide) groups is 1. The highest BCUT2D eigenvalue weighted by atomic mass is 32.2. The zero-order valence-electron chi connectivity index (χ0n) is 18.3. The third-order valence-electron chi connectivity index (χ3n) is 5.24. The number of carbonyl (C=O) groups is 1. The minimum absolute atomic E-state index is 0.140. The van der Waals surface area contributed by atoms with Crippen molar-refractivity contribution < 1.29 is 9.21 Å². The van der Waals surface area contributed by atoms with Crippen molar-refractivity contribution in [1.29, 1.82) is 0 Å². The van der Waals surface area contributed by atoms with Crippen LogP contribution >= 0.6 is 23.5 Å². The topological polar surface area (TPSA) is 74.5 Å². The molecule has 0 aliphatic carbocycles. The van der Waals surface area contributed by atoms with Crippen molar-refractivity contribution in [2.75, 3.05) is 4.90 Å². The molecular formula is C27H18N4O2S2. The van der Waals surface area contributed by atoms with E-state index in [0.29, 0.717) is 20.9 Å². The van der Waals surface area contributed by atoms with Crippen LogP contribution in [0, 0.1) is 0 Å². The normalized spacial score (nSPS) is 16.1. The van der Waals surface area contributed by atoms with E-state index in [0.717, 1.165) is 27.6 Å². The Morgan fingerprint density at radius 2 is 1.66 bits per heavy atom. The zero-order valence-corrected chi connectivity index (χ0v) is 19.9. The Balaban J connectivity index is 1.29. The Morgan fingerprint density at radius 3 is 2.46 bits per heavy atom. The molecule has 8 heteroatoms. The molecular weight excluding hydrogens is 476 g/mol. The van der Waals surface area contributed by atoms with Crippen LogP contribution in [0.3, 0.4) is 0 Å². The summed E-state index contributed by atoms with van der Waals surface area (Å²) in [5.74, 6) is 0.451. The Labute approximate surface area is 209 Å². The van der Waals surface area contributed by atoms with Crippen molar-refractivity contribution in [1.82, 2.24) is 9.97 Å². The molecule has 2 aromatic heterocycles. The van der Waals surface area contributed by atoms with Crippen LogP contribution in [-0.4, -0.2) is 21.0 Å². The van der Waals surface area contributed by atoms with Gasteiger partial charge in [0.15, 0.2) is 15.4 Å². The van der Waals surface area contributed by atoms with Gasteiger partial charge in [-0.05, 0) is 72.1 Å². The van der Waals surface area contributed by atoms with Gasteiger partial charge in [0.1, 0.15) is 5.76 Å². The highest BCUT2D eigenvalue weighted by Crippen LogP contribution is 2.38. The second kappa shape index (κ2) is 9.32. The molecule has 35 heavy (non-hydrogen) atoms. The fourth-order valence-electron chi connectivity index (χ4n) is 3.64. The van der Waals surface area contributed by atoms with E-state index in [9.17, 15) is 4.79 Å². The van der Waals surface area contributed by atoms with Crippen LogP contribution in [-0.2, 0) is 4.79 Å². The van der Waals surface area contributed by atoms with Crippen LogP contribution in [0.4, 0.5) is 11.4 Å². The number of carbonyl (C=O) groups excluding carboxylic acids is 1. The molecule has 0 unspecified atom stereocenters. The SMILES string of the molecule is O=C1/C(=C/c2ccc(Sc3nc4ccccc4[nH]3)o2)SC(=Nc2ccccc2)N1c1ccccc1. The van der Waals surface area contributed by atoms with Crippen molar-refractivity contribution in [3.63, 3.8) is 0 Å². The number of nitrogens with zero attached hydrogens (tertiary/aromatic N) is 3. The van der Waals surface area contributed by atoms with Crippen molar-refractivity contribution in [3.8, 4) is 0 Å². The monoisotopic (exact) mass is 494 g/mol. The summed E-state index contributed by atoms with van der Waals surface area (Å²) in [4.78, 5) is 28.2. The molecule has 5 aromatic rings. The molecule has 1 amide bonds. The Bertz CT molecular complexity index is 1540. The summed E-state index contributed by atoms with van der Waals surface area (Å²) < 4.78 is 5.99. The lowest BCUT2D eigenvalue weighted by atomic mass is 10.3. The number of H-pyrrole nitrogens is 1. The van der Waals surface area contributed by atoms with E-state index in [2.05, 4.69) is 9.97 Å². The maximum atomic E-state index is 13.4. The molecule has 3 aromatic carbocycles. The molecule has 3 heterocycles. The molecule has 6 rings (SSSR count). The van der Waals surface area contributed by atoms with Crippen molar-refractivity contribution in [2.45, 2.75) is 10.2 Å². The van der Waals surface area contributed by atoms with Gasteiger partial charge in [0.05, 0.1) is 27.3 Å². The second-order valence-corrected chi connectivity index (χ2v) is 9.64. The number of aromatic amines is 1. The quantitative estimate of drug-likeness (QED) is 0.263. The summed E-state index contributed by atoms with van der Waals surface area (Å²) in [7, 11) is 0. The highest BCUT2D eigenvalue weighted by Gasteiger charge is 2.35. The fourth-order valence-corrected chi connectivity index (χ4v) is 5.39. The number of aliphatic imine (C=N–C) groups is 1. The van der Waals surface area contributed by atoms with Crippen LogP contribution in [0.5, 0.6) is 0 Å². The second-order valence-electron chi connectivity index (χ2n) is 7.63. The number of aromatic nitrogens is 2. The van der Waals surface area contributed by atoms with Gasteiger partial charge in [-0.15, -0.1) is 0 Å². The fraction of sp³-hybridized carbons (Fsp3) is 0. The first-order valence-corrected chi connectivity index (χ1v) is 12.5. The first kappa shape index (κ1) is 21.5. The van der Waals surface area contributed by atoms with Crippen LogP contribution in [0.1, 0.15) is 5.76 Å². The Hall–Kier alpha value is -4.01. The molecule has 1 saturated heterocycles. The summed E-state index contributed by atoms with van der Waals surface area (Å²) in [5.41, 5.74) is 3.43. The van der Waals surface area contributed by atoms with Gasteiger partial charge in [-0.3, -0.25) is 9.69 Å². The smallest absolute Gasteiger partial charge is 0.271 e. The number of amides is 1. The van der Waals surface area contributed by atoms with E-state index >= 15 is 0 Å². The number of nitrogens with one attached hydrogen (secondary N) is 1. The van der Waals surface area contributed by atoms with Crippen LogP contribution < -0.4 is 4.90 Å². The average Bonchev–Trinajstić information content (AvgIpc) is 3.58. The molecule has 0 spiro atoms.